The Morgan fingerprint density at radius 2 is 2.00 bits per heavy atom. The molecule has 1 aromatic carbocycles. The molecular weight excluding hydrogens is 290 g/mol. The number of para-hydroxylation sites is 1. The molecule has 124 valence electrons. The van der Waals surface area contributed by atoms with Crippen LogP contribution in [0.25, 0.3) is 0 Å². The largest absolute Gasteiger partial charge is 0.493 e. The summed E-state index contributed by atoms with van der Waals surface area (Å²) in [6.45, 7) is 9.40. The number of aryl methyl sites for hydroxylation is 1. The molecule has 2 rings (SSSR count). The van der Waals surface area contributed by atoms with Crippen LogP contribution >= 0.6 is 0 Å². The minimum atomic E-state index is -0.0547. The number of carbonyl (C=O) groups is 1. The van der Waals surface area contributed by atoms with Gasteiger partial charge < -0.3 is 10.1 Å². The molecule has 1 amide bonds. The van der Waals surface area contributed by atoms with Crippen LogP contribution in [0.3, 0.4) is 0 Å². The number of aromatic nitrogens is 2. The number of amides is 1. The molecule has 0 spiro atoms. The first-order valence-electron chi connectivity index (χ1n) is 8.01. The average Bonchev–Trinajstić information content (AvgIpc) is 2.78. The van der Waals surface area contributed by atoms with Crippen molar-refractivity contribution in [2.75, 3.05) is 6.61 Å². The van der Waals surface area contributed by atoms with E-state index < -0.39 is 0 Å². The summed E-state index contributed by atoms with van der Waals surface area (Å²) in [6.07, 6.45) is 0.956. The lowest BCUT2D eigenvalue weighted by Gasteiger charge is -2.12. The van der Waals surface area contributed by atoms with Crippen molar-refractivity contribution in [3.05, 3.63) is 46.8 Å². The van der Waals surface area contributed by atoms with Crippen molar-refractivity contribution >= 4 is 5.91 Å². The fourth-order valence-electron chi connectivity index (χ4n) is 2.33. The molecule has 0 aliphatic rings. The Labute approximate surface area is 137 Å². The van der Waals surface area contributed by atoms with E-state index in [4.69, 9.17) is 4.74 Å². The molecule has 5 nitrogen and oxygen atoms in total. The maximum atomic E-state index is 12.2. The highest BCUT2D eigenvalue weighted by atomic mass is 16.5. The Morgan fingerprint density at radius 3 is 2.65 bits per heavy atom. The minimum Gasteiger partial charge on any atom is -0.493 e. The maximum Gasteiger partial charge on any atom is 0.242 e. The average molecular weight is 315 g/mol. The second-order valence-corrected chi connectivity index (χ2v) is 5.69. The summed E-state index contributed by atoms with van der Waals surface area (Å²) in [5, 5.41) is 7.33. The molecule has 0 aliphatic carbocycles. The summed E-state index contributed by atoms with van der Waals surface area (Å²) < 4.78 is 7.46. The topological polar surface area (TPSA) is 56.1 Å². The molecule has 0 bridgehead atoms. The van der Waals surface area contributed by atoms with E-state index in [1.54, 1.807) is 4.68 Å². The van der Waals surface area contributed by atoms with Gasteiger partial charge in [-0.3, -0.25) is 9.48 Å². The molecule has 23 heavy (non-hydrogen) atoms. The molecule has 1 aromatic heterocycles. The van der Waals surface area contributed by atoms with E-state index in [0.717, 1.165) is 34.7 Å². The highest BCUT2D eigenvalue weighted by Gasteiger charge is 2.11. The van der Waals surface area contributed by atoms with Crippen molar-refractivity contribution in [1.82, 2.24) is 15.1 Å². The second-order valence-electron chi connectivity index (χ2n) is 5.69. The lowest BCUT2D eigenvalue weighted by atomic mass is 10.2. The highest BCUT2D eigenvalue weighted by molar-refractivity contribution is 5.75. The predicted octanol–water partition coefficient (Wildman–Crippen LogP) is 2.91. The van der Waals surface area contributed by atoms with Gasteiger partial charge in [0.1, 0.15) is 12.3 Å². The van der Waals surface area contributed by atoms with Crippen LogP contribution in [-0.2, 0) is 17.9 Å². The normalized spacial score (nSPS) is 10.6. The van der Waals surface area contributed by atoms with Gasteiger partial charge in [-0.05, 0) is 38.8 Å². The standard InChI is InChI=1S/C18H25N3O2/c1-5-10-23-17-9-7-6-8-16(17)11-19-18(22)12-21-15(4)13(2)14(3)20-21/h6-9H,5,10-12H2,1-4H3,(H,19,22). The van der Waals surface area contributed by atoms with E-state index in [-0.39, 0.29) is 12.5 Å². The summed E-state index contributed by atoms with van der Waals surface area (Å²) in [4.78, 5) is 12.2. The number of hydrogen-bond acceptors (Lipinski definition) is 3. The summed E-state index contributed by atoms with van der Waals surface area (Å²) >= 11 is 0. The van der Waals surface area contributed by atoms with Gasteiger partial charge >= 0.3 is 0 Å². The van der Waals surface area contributed by atoms with Crippen LogP contribution in [0.2, 0.25) is 0 Å². The molecule has 0 atom stereocenters. The summed E-state index contributed by atoms with van der Waals surface area (Å²) in [6, 6.07) is 7.79. The number of nitrogens with zero attached hydrogens (tertiary/aromatic N) is 2. The molecule has 0 radical (unpaired) electrons. The van der Waals surface area contributed by atoms with E-state index in [1.165, 1.54) is 0 Å². The number of ether oxygens (including phenoxy) is 1. The van der Waals surface area contributed by atoms with Crippen LogP contribution in [0.4, 0.5) is 0 Å². The number of rotatable bonds is 7. The van der Waals surface area contributed by atoms with E-state index in [1.807, 2.05) is 45.0 Å². The quantitative estimate of drug-likeness (QED) is 0.854. The van der Waals surface area contributed by atoms with E-state index in [0.29, 0.717) is 13.2 Å². The first-order chi connectivity index (χ1) is 11.0. The van der Waals surface area contributed by atoms with E-state index >= 15 is 0 Å². The molecule has 5 heteroatoms. The Bertz CT molecular complexity index is 677. The van der Waals surface area contributed by atoms with Gasteiger partial charge in [0, 0.05) is 17.8 Å². The van der Waals surface area contributed by atoms with Gasteiger partial charge in [0.05, 0.1) is 12.3 Å². The number of carbonyl (C=O) groups excluding carboxylic acids is 1. The number of benzene rings is 1. The molecule has 2 aromatic rings. The Kier molecular flexibility index (Phi) is 5.79. The van der Waals surface area contributed by atoms with Gasteiger partial charge in [-0.25, -0.2) is 0 Å². The third kappa shape index (κ3) is 4.34. The Balaban J connectivity index is 1.95. The molecule has 1 N–H and O–H groups in total. The third-order valence-corrected chi connectivity index (χ3v) is 3.95. The predicted molar refractivity (Wildman–Crippen MR) is 90.5 cm³/mol. The Hall–Kier alpha value is -2.30. The van der Waals surface area contributed by atoms with Gasteiger partial charge in [-0.2, -0.15) is 5.10 Å². The smallest absolute Gasteiger partial charge is 0.242 e. The summed E-state index contributed by atoms with van der Waals surface area (Å²) in [5.74, 6) is 0.775. The zero-order valence-electron chi connectivity index (χ0n) is 14.3. The molecule has 0 saturated carbocycles. The zero-order chi connectivity index (χ0) is 16.8. The summed E-state index contributed by atoms with van der Waals surface area (Å²) in [7, 11) is 0. The third-order valence-electron chi connectivity index (χ3n) is 3.95. The van der Waals surface area contributed by atoms with Gasteiger partial charge in [-0.15, -0.1) is 0 Å². The van der Waals surface area contributed by atoms with Crippen molar-refractivity contribution in [3.8, 4) is 5.75 Å². The van der Waals surface area contributed by atoms with Crippen molar-refractivity contribution < 1.29 is 9.53 Å². The zero-order valence-corrected chi connectivity index (χ0v) is 14.3. The number of nitrogens with one attached hydrogen (secondary N) is 1. The van der Waals surface area contributed by atoms with Gasteiger partial charge in [0.25, 0.3) is 0 Å². The lowest BCUT2D eigenvalue weighted by Crippen LogP contribution is -2.28. The first-order valence-corrected chi connectivity index (χ1v) is 8.01. The van der Waals surface area contributed by atoms with Crippen molar-refractivity contribution in [1.29, 1.82) is 0 Å². The lowest BCUT2D eigenvalue weighted by molar-refractivity contribution is -0.122. The minimum absolute atomic E-state index is 0.0547. The molecule has 1 heterocycles. The van der Waals surface area contributed by atoms with Gasteiger partial charge in [0.2, 0.25) is 5.91 Å². The van der Waals surface area contributed by atoms with Crippen LogP contribution < -0.4 is 10.1 Å². The monoisotopic (exact) mass is 315 g/mol. The van der Waals surface area contributed by atoms with Gasteiger partial charge in [-0.1, -0.05) is 25.1 Å². The van der Waals surface area contributed by atoms with Crippen LogP contribution in [0.15, 0.2) is 24.3 Å². The fraction of sp³-hybridized carbons (Fsp3) is 0.444. The molecular formula is C18H25N3O2. The number of hydrogen-bond donors (Lipinski definition) is 1. The molecule has 0 unspecified atom stereocenters. The van der Waals surface area contributed by atoms with Crippen molar-refractivity contribution in [3.63, 3.8) is 0 Å². The van der Waals surface area contributed by atoms with Crippen LogP contribution in [0.1, 0.15) is 35.9 Å². The molecule has 0 aliphatic heterocycles. The van der Waals surface area contributed by atoms with Crippen LogP contribution in [-0.4, -0.2) is 22.3 Å². The first kappa shape index (κ1) is 17.1. The summed E-state index contributed by atoms with van der Waals surface area (Å²) in [5.41, 5.74) is 4.12. The van der Waals surface area contributed by atoms with E-state index in [9.17, 15) is 4.79 Å². The fourth-order valence-corrected chi connectivity index (χ4v) is 2.33. The Morgan fingerprint density at radius 1 is 1.26 bits per heavy atom. The van der Waals surface area contributed by atoms with Crippen molar-refractivity contribution in [2.45, 2.75) is 47.2 Å². The SMILES string of the molecule is CCCOc1ccccc1CNC(=O)Cn1nc(C)c(C)c1C. The van der Waals surface area contributed by atoms with Crippen LogP contribution in [0.5, 0.6) is 5.75 Å². The van der Waals surface area contributed by atoms with E-state index in [2.05, 4.69) is 17.3 Å². The second kappa shape index (κ2) is 7.81. The molecule has 0 saturated heterocycles. The van der Waals surface area contributed by atoms with Gasteiger partial charge in [0.15, 0.2) is 0 Å². The maximum absolute atomic E-state index is 12.2. The van der Waals surface area contributed by atoms with Crippen molar-refractivity contribution in [2.24, 2.45) is 0 Å². The molecule has 0 fully saturated rings. The van der Waals surface area contributed by atoms with Crippen LogP contribution in [0, 0.1) is 20.8 Å². The highest BCUT2D eigenvalue weighted by Crippen LogP contribution is 2.18.